The van der Waals surface area contributed by atoms with Crippen LogP contribution < -0.4 is 22.1 Å². The maximum absolute atomic E-state index is 12.4. The first-order valence-corrected chi connectivity index (χ1v) is 8.51. The zero-order valence-corrected chi connectivity index (χ0v) is 17.0. The Morgan fingerprint density at radius 3 is 2.37 bits per heavy atom. The lowest BCUT2D eigenvalue weighted by Gasteiger charge is -2.18. The summed E-state index contributed by atoms with van der Waals surface area (Å²) in [7, 11) is 0. The monoisotopic (exact) mass is 442 g/mol. The average molecular weight is 443 g/mol. The Balaban J connectivity index is 0. The zero-order valence-electron chi connectivity index (χ0n) is 14.6. The van der Waals surface area contributed by atoms with Crippen LogP contribution in [0, 0.1) is 0 Å². The van der Waals surface area contributed by atoms with E-state index in [2.05, 4.69) is 20.6 Å². The molecule has 1 aromatic rings. The van der Waals surface area contributed by atoms with Gasteiger partial charge in [-0.2, -0.15) is 0 Å². The fourth-order valence-electron chi connectivity index (χ4n) is 1.91. The molecule has 1 rings (SSSR count). The van der Waals surface area contributed by atoms with E-state index in [0.717, 1.165) is 11.8 Å². The molecule has 13 heteroatoms. The summed E-state index contributed by atoms with van der Waals surface area (Å²) in [6.45, 7) is 1.41. The molecule has 0 aromatic carbocycles. The highest BCUT2D eigenvalue weighted by Crippen LogP contribution is 2.12. The van der Waals surface area contributed by atoms with Gasteiger partial charge in [0.05, 0.1) is 6.33 Å². The minimum Gasteiger partial charge on any atom is -0.368 e. The van der Waals surface area contributed by atoms with Gasteiger partial charge in [0.15, 0.2) is 0 Å². The number of nitrogens with zero attached hydrogens (tertiary/aromatic N) is 1. The summed E-state index contributed by atoms with van der Waals surface area (Å²) in [6, 6.07) is -1.80. The normalized spacial score (nSPS) is 11.9. The summed E-state index contributed by atoms with van der Waals surface area (Å²) < 4.78 is 0. The van der Waals surface area contributed by atoms with Crippen molar-refractivity contribution in [3.8, 4) is 0 Å². The summed E-state index contributed by atoms with van der Waals surface area (Å²) in [5, 5.41) is 4.62. The SMILES string of the molecule is CC(=O)NC(CSC(=O)C(Cc1cnc[nH]1)NC(=O)CCN)C(N)=O.Cl.Cl. The van der Waals surface area contributed by atoms with Crippen molar-refractivity contribution in [2.75, 3.05) is 12.3 Å². The fourth-order valence-corrected chi connectivity index (χ4v) is 2.84. The molecular formula is C14H24Cl2N6O4S. The lowest BCUT2D eigenvalue weighted by atomic mass is 10.2. The van der Waals surface area contributed by atoms with Crippen LogP contribution in [0.2, 0.25) is 0 Å². The van der Waals surface area contributed by atoms with Crippen LogP contribution in [0.3, 0.4) is 0 Å². The second-order valence-electron chi connectivity index (χ2n) is 5.23. The Hall–Kier alpha value is -1.82. The molecule has 0 fully saturated rings. The van der Waals surface area contributed by atoms with E-state index in [-0.39, 0.29) is 61.0 Å². The topological polar surface area (TPSA) is 173 Å². The highest BCUT2D eigenvalue weighted by atomic mass is 35.5. The van der Waals surface area contributed by atoms with Gasteiger partial charge in [-0.1, -0.05) is 11.8 Å². The van der Waals surface area contributed by atoms with Crippen molar-refractivity contribution in [3.63, 3.8) is 0 Å². The third-order valence-corrected chi connectivity index (χ3v) is 4.15. The van der Waals surface area contributed by atoms with E-state index in [1.54, 1.807) is 6.20 Å². The molecule has 154 valence electrons. The second kappa shape index (κ2) is 14.3. The first-order valence-electron chi connectivity index (χ1n) is 7.53. The number of thioether (sulfide) groups is 1. The molecule has 0 saturated heterocycles. The predicted octanol–water partition coefficient (Wildman–Crippen LogP) is -1.12. The number of hydrogen-bond donors (Lipinski definition) is 5. The van der Waals surface area contributed by atoms with Gasteiger partial charge in [0.2, 0.25) is 22.8 Å². The van der Waals surface area contributed by atoms with E-state index < -0.39 is 23.9 Å². The van der Waals surface area contributed by atoms with E-state index in [0.29, 0.717) is 5.69 Å². The van der Waals surface area contributed by atoms with Crippen LogP contribution >= 0.6 is 36.6 Å². The number of nitrogens with two attached hydrogens (primary N) is 2. The van der Waals surface area contributed by atoms with Crippen molar-refractivity contribution in [2.45, 2.75) is 31.8 Å². The molecule has 3 amide bonds. The maximum Gasteiger partial charge on any atom is 0.240 e. The molecule has 0 aliphatic rings. The molecule has 0 aliphatic heterocycles. The van der Waals surface area contributed by atoms with Crippen LogP contribution in [-0.2, 0) is 25.6 Å². The van der Waals surface area contributed by atoms with Crippen LogP contribution in [0.5, 0.6) is 0 Å². The van der Waals surface area contributed by atoms with Gasteiger partial charge in [-0.15, -0.1) is 24.8 Å². The first-order chi connectivity index (χ1) is 11.8. The van der Waals surface area contributed by atoms with Gasteiger partial charge in [0, 0.05) is 44.0 Å². The number of nitrogens with one attached hydrogen (secondary N) is 3. The lowest BCUT2D eigenvalue weighted by molar-refractivity contribution is -0.125. The molecule has 0 aliphatic carbocycles. The number of rotatable bonds is 10. The summed E-state index contributed by atoms with van der Waals surface area (Å²) in [6.07, 6.45) is 3.31. The number of carbonyl (C=O) groups is 4. The largest absolute Gasteiger partial charge is 0.368 e. The number of H-pyrrole nitrogens is 1. The van der Waals surface area contributed by atoms with Crippen molar-refractivity contribution in [3.05, 3.63) is 18.2 Å². The van der Waals surface area contributed by atoms with Gasteiger partial charge in [-0.25, -0.2) is 4.98 Å². The van der Waals surface area contributed by atoms with Crippen molar-refractivity contribution < 1.29 is 19.2 Å². The maximum atomic E-state index is 12.4. The fraction of sp³-hybridized carbons (Fsp3) is 0.500. The van der Waals surface area contributed by atoms with Crippen molar-refractivity contribution >= 4 is 59.4 Å². The van der Waals surface area contributed by atoms with E-state index in [1.165, 1.54) is 13.3 Å². The molecule has 2 atom stereocenters. The summed E-state index contributed by atoms with van der Waals surface area (Å²) in [5.41, 5.74) is 11.2. The zero-order chi connectivity index (χ0) is 18.8. The molecule has 0 spiro atoms. The van der Waals surface area contributed by atoms with E-state index in [9.17, 15) is 19.2 Å². The van der Waals surface area contributed by atoms with Gasteiger partial charge in [0.1, 0.15) is 12.1 Å². The van der Waals surface area contributed by atoms with Gasteiger partial charge < -0.3 is 27.1 Å². The van der Waals surface area contributed by atoms with Gasteiger partial charge in [-0.05, 0) is 0 Å². The second-order valence-corrected chi connectivity index (χ2v) is 6.25. The number of primary amides is 1. The number of aromatic amines is 1. The number of hydrogen-bond acceptors (Lipinski definition) is 7. The first kappa shape index (κ1) is 27.4. The standard InChI is InChI=1S/C14H22N6O4S.2ClH/c1-8(21)19-11(13(16)23)6-25-14(24)10(20-12(22)2-3-15)4-9-5-17-7-18-9;;/h5,7,10-11H,2-4,6,15H2,1H3,(H2,16,23)(H,17,18)(H,19,21)(H,20,22);2*1H. The molecule has 0 bridgehead atoms. The Labute approximate surface area is 173 Å². The van der Waals surface area contributed by atoms with Gasteiger partial charge >= 0.3 is 0 Å². The van der Waals surface area contributed by atoms with E-state index >= 15 is 0 Å². The number of amides is 3. The lowest BCUT2D eigenvalue weighted by Crippen LogP contribution is -2.46. The van der Waals surface area contributed by atoms with Crippen LogP contribution in [-0.4, -0.2) is 57.2 Å². The van der Waals surface area contributed by atoms with E-state index in [1.807, 2.05) is 0 Å². The van der Waals surface area contributed by atoms with Crippen molar-refractivity contribution in [1.82, 2.24) is 20.6 Å². The Bertz CT molecular complexity index is 617. The Morgan fingerprint density at radius 1 is 1.22 bits per heavy atom. The highest BCUT2D eigenvalue weighted by molar-refractivity contribution is 8.13. The molecule has 0 saturated carbocycles. The minimum absolute atomic E-state index is 0. The van der Waals surface area contributed by atoms with Crippen LogP contribution in [0.15, 0.2) is 12.5 Å². The number of imidazole rings is 1. The average Bonchev–Trinajstić information content (AvgIpc) is 3.03. The van der Waals surface area contributed by atoms with Crippen LogP contribution in [0.25, 0.3) is 0 Å². The molecule has 27 heavy (non-hydrogen) atoms. The third kappa shape index (κ3) is 10.8. The van der Waals surface area contributed by atoms with Gasteiger partial charge in [-0.3, -0.25) is 19.2 Å². The predicted molar refractivity (Wildman–Crippen MR) is 107 cm³/mol. The molecule has 0 radical (unpaired) electrons. The third-order valence-electron chi connectivity index (χ3n) is 3.08. The highest BCUT2D eigenvalue weighted by Gasteiger charge is 2.25. The smallest absolute Gasteiger partial charge is 0.240 e. The van der Waals surface area contributed by atoms with Crippen LogP contribution in [0.4, 0.5) is 0 Å². The molecule has 7 N–H and O–H groups in total. The molecule has 10 nitrogen and oxygen atoms in total. The number of aromatic nitrogens is 2. The van der Waals surface area contributed by atoms with Gasteiger partial charge in [0.25, 0.3) is 0 Å². The minimum atomic E-state index is -0.973. The van der Waals surface area contributed by atoms with Crippen LogP contribution in [0.1, 0.15) is 19.0 Å². The molecule has 2 unspecified atom stereocenters. The summed E-state index contributed by atoms with van der Waals surface area (Å²) >= 11 is 0.810. The molecule has 1 heterocycles. The summed E-state index contributed by atoms with van der Waals surface area (Å²) in [5.74, 6) is -1.55. The van der Waals surface area contributed by atoms with Crippen molar-refractivity contribution in [2.24, 2.45) is 11.5 Å². The molecule has 1 aromatic heterocycles. The summed E-state index contributed by atoms with van der Waals surface area (Å²) in [4.78, 5) is 53.3. The molecular weight excluding hydrogens is 419 g/mol. The number of carbonyl (C=O) groups excluding carboxylic acids is 4. The quantitative estimate of drug-likeness (QED) is 0.304. The Morgan fingerprint density at radius 2 is 1.89 bits per heavy atom. The van der Waals surface area contributed by atoms with E-state index in [4.69, 9.17) is 11.5 Å². The van der Waals surface area contributed by atoms with Crippen molar-refractivity contribution in [1.29, 1.82) is 0 Å². The Kier molecular flexibility index (Phi) is 14.5. The number of halogens is 2.